The highest BCUT2D eigenvalue weighted by Gasteiger charge is 2.07. The fraction of sp³-hybridized carbons (Fsp3) is 0.300. The first-order valence-electron chi connectivity index (χ1n) is 4.19. The standard InChI is InChI=1S/C10H11NO3/c1-7(11-13)8-3-5-9(6-4-8)10(12)14-2/h3-7H,1-2H3. The molecule has 1 aromatic carbocycles. The Morgan fingerprint density at radius 3 is 2.36 bits per heavy atom. The zero-order valence-corrected chi connectivity index (χ0v) is 8.06. The second kappa shape index (κ2) is 4.50. The maximum atomic E-state index is 11.1. The molecule has 0 radical (unpaired) electrons. The van der Waals surface area contributed by atoms with Gasteiger partial charge in [0.2, 0.25) is 0 Å². The number of nitrogens with zero attached hydrogens (tertiary/aromatic N) is 1. The Kier molecular flexibility index (Phi) is 3.34. The lowest BCUT2D eigenvalue weighted by Crippen LogP contribution is -2.01. The molecule has 74 valence electrons. The Balaban J connectivity index is 2.88. The van der Waals surface area contributed by atoms with E-state index < -0.39 is 0 Å². The third-order valence-corrected chi connectivity index (χ3v) is 1.97. The number of methoxy groups -OCH3 is 1. The summed E-state index contributed by atoms with van der Waals surface area (Å²) >= 11 is 0. The van der Waals surface area contributed by atoms with Gasteiger partial charge < -0.3 is 4.74 Å². The molecule has 4 heteroatoms. The first kappa shape index (κ1) is 10.4. The molecule has 0 N–H and O–H groups in total. The first-order valence-corrected chi connectivity index (χ1v) is 4.19. The minimum absolute atomic E-state index is 0.386. The van der Waals surface area contributed by atoms with E-state index in [9.17, 15) is 9.70 Å². The summed E-state index contributed by atoms with van der Waals surface area (Å²) in [6, 6.07) is 6.23. The van der Waals surface area contributed by atoms with Crippen molar-refractivity contribution >= 4 is 5.97 Å². The second-order valence-electron chi connectivity index (χ2n) is 2.89. The number of hydrogen-bond donors (Lipinski definition) is 0. The highest BCUT2D eigenvalue weighted by atomic mass is 16.5. The minimum atomic E-state index is -0.387. The smallest absolute Gasteiger partial charge is 0.337 e. The van der Waals surface area contributed by atoms with Gasteiger partial charge in [0.15, 0.2) is 0 Å². The van der Waals surface area contributed by atoms with Crippen LogP contribution in [0.3, 0.4) is 0 Å². The van der Waals surface area contributed by atoms with Crippen LogP contribution in [0.1, 0.15) is 28.9 Å². The third kappa shape index (κ3) is 2.16. The van der Waals surface area contributed by atoms with Crippen LogP contribution in [0.4, 0.5) is 0 Å². The molecule has 0 saturated heterocycles. The van der Waals surface area contributed by atoms with Crippen LogP contribution in [0, 0.1) is 4.91 Å². The van der Waals surface area contributed by atoms with Gasteiger partial charge >= 0.3 is 5.97 Å². The van der Waals surface area contributed by atoms with Crippen molar-refractivity contribution in [3.8, 4) is 0 Å². The molecule has 0 aliphatic carbocycles. The Hall–Kier alpha value is -1.71. The van der Waals surface area contributed by atoms with Crippen molar-refractivity contribution < 1.29 is 9.53 Å². The van der Waals surface area contributed by atoms with Crippen LogP contribution in [0.2, 0.25) is 0 Å². The Bertz CT molecular complexity index is 332. The molecule has 0 amide bonds. The molecule has 0 spiro atoms. The lowest BCUT2D eigenvalue weighted by Gasteiger charge is -2.03. The van der Waals surface area contributed by atoms with Crippen molar-refractivity contribution in [2.75, 3.05) is 7.11 Å². The van der Waals surface area contributed by atoms with E-state index in [0.717, 1.165) is 5.56 Å². The molecule has 0 saturated carbocycles. The van der Waals surface area contributed by atoms with Gasteiger partial charge in [-0.3, -0.25) is 0 Å². The molecule has 1 atom stereocenters. The Morgan fingerprint density at radius 2 is 1.93 bits per heavy atom. The number of carbonyl (C=O) groups is 1. The van der Waals surface area contributed by atoms with Crippen LogP contribution in [-0.2, 0) is 4.74 Å². The molecule has 0 aromatic heterocycles. The van der Waals surface area contributed by atoms with Gasteiger partial charge in [0, 0.05) is 0 Å². The minimum Gasteiger partial charge on any atom is -0.465 e. The summed E-state index contributed by atoms with van der Waals surface area (Å²) in [5.41, 5.74) is 1.25. The number of carbonyl (C=O) groups excluding carboxylic acids is 1. The van der Waals surface area contributed by atoms with Gasteiger partial charge in [-0.2, -0.15) is 4.91 Å². The summed E-state index contributed by atoms with van der Waals surface area (Å²) in [7, 11) is 1.33. The molecule has 0 fully saturated rings. The van der Waals surface area contributed by atoms with E-state index in [1.165, 1.54) is 7.11 Å². The van der Waals surface area contributed by atoms with Gasteiger partial charge in [0.25, 0.3) is 0 Å². The van der Waals surface area contributed by atoms with Crippen molar-refractivity contribution in [2.24, 2.45) is 5.18 Å². The summed E-state index contributed by atoms with van der Waals surface area (Å²) in [5.74, 6) is -0.386. The number of rotatable bonds is 3. The van der Waals surface area contributed by atoms with Crippen molar-refractivity contribution in [3.05, 3.63) is 40.3 Å². The predicted molar refractivity (Wildman–Crippen MR) is 52.0 cm³/mol. The summed E-state index contributed by atoms with van der Waals surface area (Å²) in [5, 5.41) is 2.89. The first-order chi connectivity index (χ1) is 6.69. The highest BCUT2D eigenvalue weighted by molar-refractivity contribution is 5.89. The van der Waals surface area contributed by atoms with Gasteiger partial charge in [-0.15, -0.1) is 0 Å². The third-order valence-electron chi connectivity index (χ3n) is 1.97. The summed E-state index contributed by atoms with van der Waals surface area (Å²) in [6.45, 7) is 1.69. The highest BCUT2D eigenvalue weighted by Crippen LogP contribution is 2.16. The number of benzene rings is 1. The molecule has 1 unspecified atom stereocenters. The number of esters is 1. The zero-order chi connectivity index (χ0) is 10.6. The van der Waals surface area contributed by atoms with Gasteiger partial charge in [-0.1, -0.05) is 17.3 Å². The molecular weight excluding hydrogens is 182 g/mol. The van der Waals surface area contributed by atoms with Gasteiger partial charge in [-0.05, 0) is 24.6 Å². The molecule has 1 aromatic rings. The normalized spacial score (nSPS) is 11.9. The number of hydrogen-bond acceptors (Lipinski definition) is 4. The summed E-state index contributed by atoms with van der Waals surface area (Å²) in [6.07, 6.45) is 0. The maximum Gasteiger partial charge on any atom is 0.337 e. The van der Waals surface area contributed by atoms with Crippen molar-refractivity contribution in [1.29, 1.82) is 0 Å². The topological polar surface area (TPSA) is 55.7 Å². The fourth-order valence-corrected chi connectivity index (χ4v) is 1.08. The maximum absolute atomic E-state index is 11.1. The lowest BCUT2D eigenvalue weighted by atomic mass is 10.1. The fourth-order valence-electron chi connectivity index (χ4n) is 1.08. The molecule has 4 nitrogen and oxygen atoms in total. The van der Waals surface area contributed by atoms with Crippen LogP contribution in [0.25, 0.3) is 0 Å². The van der Waals surface area contributed by atoms with Crippen molar-refractivity contribution in [3.63, 3.8) is 0 Å². The van der Waals surface area contributed by atoms with Gasteiger partial charge in [0.1, 0.15) is 6.04 Å². The van der Waals surface area contributed by atoms with E-state index in [0.29, 0.717) is 5.56 Å². The summed E-state index contributed by atoms with van der Waals surface area (Å²) < 4.78 is 4.54. The van der Waals surface area contributed by atoms with Crippen LogP contribution in [-0.4, -0.2) is 13.1 Å². The van der Waals surface area contributed by atoms with Crippen LogP contribution in [0.15, 0.2) is 29.4 Å². The van der Waals surface area contributed by atoms with Crippen molar-refractivity contribution in [1.82, 2.24) is 0 Å². The average molecular weight is 193 g/mol. The van der Waals surface area contributed by atoms with Crippen LogP contribution < -0.4 is 0 Å². The molecular formula is C10H11NO3. The monoisotopic (exact) mass is 193 g/mol. The van der Waals surface area contributed by atoms with Crippen molar-refractivity contribution in [2.45, 2.75) is 13.0 Å². The molecule has 14 heavy (non-hydrogen) atoms. The summed E-state index contributed by atoms with van der Waals surface area (Å²) in [4.78, 5) is 21.3. The van der Waals surface area contributed by atoms with Crippen LogP contribution in [0.5, 0.6) is 0 Å². The Morgan fingerprint density at radius 1 is 1.36 bits per heavy atom. The molecule has 0 aliphatic heterocycles. The van der Waals surface area contributed by atoms with E-state index in [2.05, 4.69) is 9.91 Å². The molecule has 1 rings (SSSR count). The SMILES string of the molecule is COC(=O)c1ccc(C(C)N=O)cc1. The molecule has 0 bridgehead atoms. The largest absolute Gasteiger partial charge is 0.465 e. The van der Waals surface area contributed by atoms with Gasteiger partial charge in [-0.25, -0.2) is 4.79 Å². The van der Waals surface area contributed by atoms with E-state index >= 15 is 0 Å². The van der Waals surface area contributed by atoms with E-state index in [1.54, 1.807) is 31.2 Å². The molecule has 0 heterocycles. The second-order valence-corrected chi connectivity index (χ2v) is 2.89. The van der Waals surface area contributed by atoms with E-state index in [4.69, 9.17) is 0 Å². The Labute approximate surface area is 81.9 Å². The lowest BCUT2D eigenvalue weighted by molar-refractivity contribution is 0.0600. The predicted octanol–water partition coefficient (Wildman–Crippen LogP) is 2.30. The van der Waals surface area contributed by atoms with E-state index in [-0.39, 0.29) is 12.0 Å². The van der Waals surface area contributed by atoms with Gasteiger partial charge in [0.05, 0.1) is 12.7 Å². The quantitative estimate of drug-likeness (QED) is 0.546. The average Bonchev–Trinajstić information content (AvgIpc) is 2.27. The zero-order valence-electron chi connectivity index (χ0n) is 8.06. The van der Waals surface area contributed by atoms with Crippen LogP contribution >= 0.6 is 0 Å². The molecule has 0 aliphatic rings. The number of ether oxygens (including phenoxy) is 1. The van der Waals surface area contributed by atoms with E-state index in [1.807, 2.05) is 0 Å². The number of nitroso groups, excluding NO2 is 1.